The van der Waals surface area contributed by atoms with Crippen molar-refractivity contribution < 1.29 is 9.18 Å². The second-order valence-electron chi connectivity index (χ2n) is 4.80. The fraction of sp³-hybridized carbons (Fsp3) is 0.267. The first-order chi connectivity index (χ1) is 9.66. The molecule has 1 saturated heterocycles. The number of amides is 1. The lowest BCUT2D eigenvalue weighted by atomic mass is 10.1. The van der Waals surface area contributed by atoms with Crippen LogP contribution in [0, 0.1) is 5.82 Å². The second-order valence-corrected chi connectivity index (χ2v) is 6.63. The quantitative estimate of drug-likeness (QED) is 0.770. The van der Waals surface area contributed by atoms with Gasteiger partial charge in [0.1, 0.15) is 5.82 Å². The molecule has 1 amide bonds. The minimum absolute atomic E-state index is 0.0345. The lowest BCUT2D eigenvalue weighted by molar-refractivity contribution is 0.0737. The normalized spacial score (nSPS) is 18.5. The first-order valence-corrected chi connectivity index (χ1v) is 8.13. The zero-order chi connectivity index (χ0) is 14.1. The molecule has 2 aromatic rings. The van der Waals surface area contributed by atoms with Crippen LogP contribution in [0.4, 0.5) is 4.39 Å². The molecule has 1 fully saturated rings. The van der Waals surface area contributed by atoms with Crippen LogP contribution in [-0.2, 0) is 0 Å². The summed E-state index contributed by atoms with van der Waals surface area (Å²) in [5, 5.41) is 2.03. The van der Waals surface area contributed by atoms with E-state index in [1.807, 2.05) is 16.3 Å². The number of hydrogen-bond donors (Lipinski definition) is 0. The molecule has 20 heavy (non-hydrogen) atoms. The summed E-state index contributed by atoms with van der Waals surface area (Å²) in [5.41, 5.74) is 0.523. The van der Waals surface area contributed by atoms with Crippen LogP contribution in [0.2, 0.25) is 0 Å². The Morgan fingerprint density at radius 1 is 1.40 bits per heavy atom. The average molecular weight is 354 g/mol. The number of thiophene rings is 1. The van der Waals surface area contributed by atoms with Crippen LogP contribution < -0.4 is 0 Å². The number of benzene rings is 1. The summed E-state index contributed by atoms with van der Waals surface area (Å²) in [6.45, 7) is 0.755. The van der Waals surface area contributed by atoms with Crippen molar-refractivity contribution in [3.05, 3.63) is 56.4 Å². The molecule has 0 N–H and O–H groups in total. The van der Waals surface area contributed by atoms with E-state index >= 15 is 0 Å². The summed E-state index contributed by atoms with van der Waals surface area (Å²) >= 11 is 4.96. The molecule has 2 heterocycles. The summed E-state index contributed by atoms with van der Waals surface area (Å²) in [7, 11) is 0. The van der Waals surface area contributed by atoms with Crippen molar-refractivity contribution in [1.29, 1.82) is 0 Å². The Morgan fingerprint density at radius 2 is 2.25 bits per heavy atom. The highest BCUT2D eigenvalue weighted by molar-refractivity contribution is 9.10. The van der Waals surface area contributed by atoms with Gasteiger partial charge in [-0.15, -0.1) is 11.3 Å². The zero-order valence-electron chi connectivity index (χ0n) is 10.7. The largest absolute Gasteiger partial charge is 0.331 e. The summed E-state index contributed by atoms with van der Waals surface area (Å²) in [6, 6.07) is 8.44. The number of halogens is 2. The van der Waals surface area contributed by atoms with Gasteiger partial charge in [0.2, 0.25) is 0 Å². The molecule has 1 aromatic heterocycles. The number of nitrogens with zero attached hydrogens (tertiary/aromatic N) is 1. The molecule has 0 saturated carbocycles. The van der Waals surface area contributed by atoms with Gasteiger partial charge in [-0.2, -0.15) is 0 Å². The van der Waals surface area contributed by atoms with E-state index in [1.165, 1.54) is 17.0 Å². The third kappa shape index (κ3) is 2.52. The van der Waals surface area contributed by atoms with E-state index in [1.54, 1.807) is 17.4 Å². The molecule has 0 bridgehead atoms. The fourth-order valence-electron chi connectivity index (χ4n) is 2.60. The van der Waals surface area contributed by atoms with Crippen molar-refractivity contribution >= 4 is 33.2 Å². The van der Waals surface area contributed by atoms with Gasteiger partial charge in [0, 0.05) is 15.9 Å². The van der Waals surface area contributed by atoms with E-state index < -0.39 is 0 Å². The summed E-state index contributed by atoms with van der Waals surface area (Å²) < 4.78 is 13.6. The molecular weight excluding hydrogens is 341 g/mol. The third-order valence-corrected chi connectivity index (χ3v) is 5.18. The SMILES string of the molecule is O=C(c1ccc(F)cc1Br)N1CCCC1c1cccs1. The molecule has 2 nitrogen and oxygen atoms in total. The van der Waals surface area contributed by atoms with Crippen LogP contribution in [0.5, 0.6) is 0 Å². The summed E-state index contributed by atoms with van der Waals surface area (Å²) in [6.07, 6.45) is 2.00. The van der Waals surface area contributed by atoms with Crippen molar-refractivity contribution in [1.82, 2.24) is 4.90 Å². The predicted octanol–water partition coefficient (Wildman–Crippen LogP) is 4.63. The Kier molecular flexibility index (Phi) is 3.89. The maximum atomic E-state index is 13.1. The molecule has 0 radical (unpaired) electrons. The van der Waals surface area contributed by atoms with Crippen LogP contribution >= 0.6 is 27.3 Å². The summed E-state index contributed by atoms with van der Waals surface area (Å²) in [5.74, 6) is -0.377. The van der Waals surface area contributed by atoms with Gasteiger partial charge >= 0.3 is 0 Å². The standard InChI is InChI=1S/C15H13BrFNOS/c16-12-9-10(17)5-6-11(12)15(19)18-7-1-3-13(18)14-4-2-8-20-14/h2,4-6,8-9,13H,1,3,7H2. The molecule has 1 aromatic carbocycles. The van der Waals surface area contributed by atoms with Crippen molar-refractivity contribution in [2.45, 2.75) is 18.9 Å². The third-order valence-electron chi connectivity index (χ3n) is 3.55. The van der Waals surface area contributed by atoms with Crippen LogP contribution in [0.15, 0.2) is 40.2 Å². The monoisotopic (exact) mass is 353 g/mol. The molecule has 1 unspecified atom stereocenters. The Morgan fingerprint density at radius 3 is 2.95 bits per heavy atom. The van der Waals surface area contributed by atoms with E-state index in [0.717, 1.165) is 19.4 Å². The Labute approximate surface area is 129 Å². The van der Waals surface area contributed by atoms with E-state index in [9.17, 15) is 9.18 Å². The van der Waals surface area contributed by atoms with Crippen LogP contribution in [-0.4, -0.2) is 17.4 Å². The number of carbonyl (C=O) groups excluding carboxylic acids is 1. The van der Waals surface area contributed by atoms with Gasteiger partial charge in [0.05, 0.1) is 11.6 Å². The molecule has 1 aliphatic rings. The lowest BCUT2D eigenvalue weighted by Gasteiger charge is -2.24. The maximum absolute atomic E-state index is 13.1. The molecule has 0 aliphatic carbocycles. The average Bonchev–Trinajstić information content (AvgIpc) is 3.09. The zero-order valence-corrected chi connectivity index (χ0v) is 13.1. The van der Waals surface area contributed by atoms with Gasteiger partial charge in [-0.25, -0.2) is 4.39 Å². The molecule has 104 valence electrons. The van der Waals surface area contributed by atoms with Gasteiger partial charge in [-0.3, -0.25) is 4.79 Å². The lowest BCUT2D eigenvalue weighted by Crippen LogP contribution is -2.30. The number of carbonyl (C=O) groups is 1. The molecule has 5 heteroatoms. The van der Waals surface area contributed by atoms with Crippen molar-refractivity contribution in [3.8, 4) is 0 Å². The Balaban J connectivity index is 1.89. The van der Waals surface area contributed by atoms with E-state index in [4.69, 9.17) is 0 Å². The van der Waals surface area contributed by atoms with Crippen molar-refractivity contribution in [2.75, 3.05) is 6.54 Å². The first-order valence-electron chi connectivity index (χ1n) is 6.46. The highest BCUT2D eigenvalue weighted by Gasteiger charge is 2.31. The van der Waals surface area contributed by atoms with Crippen molar-refractivity contribution in [2.24, 2.45) is 0 Å². The van der Waals surface area contributed by atoms with Gasteiger partial charge in [0.15, 0.2) is 0 Å². The first kappa shape index (κ1) is 13.8. The predicted molar refractivity (Wildman–Crippen MR) is 81.4 cm³/mol. The van der Waals surface area contributed by atoms with Crippen LogP contribution in [0.25, 0.3) is 0 Å². The number of hydrogen-bond acceptors (Lipinski definition) is 2. The molecule has 1 atom stereocenters. The topological polar surface area (TPSA) is 20.3 Å². The number of rotatable bonds is 2. The highest BCUT2D eigenvalue weighted by atomic mass is 79.9. The van der Waals surface area contributed by atoms with Crippen LogP contribution in [0.1, 0.15) is 34.1 Å². The van der Waals surface area contributed by atoms with E-state index in [-0.39, 0.29) is 17.8 Å². The van der Waals surface area contributed by atoms with Crippen molar-refractivity contribution in [3.63, 3.8) is 0 Å². The number of likely N-dealkylation sites (tertiary alicyclic amines) is 1. The minimum atomic E-state index is -0.343. The minimum Gasteiger partial charge on any atom is -0.331 e. The van der Waals surface area contributed by atoms with Gasteiger partial charge < -0.3 is 4.90 Å². The fourth-order valence-corrected chi connectivity index (χ4v) is 4.00. The van der Waals surface area contributed by atoms with E-state index in [2.05, 4.69) is 22.0 Å². The molecule has 1 aliphatic heterocycles. The molecule has 3 rings (SSSR count). The van der Waals surface area contributed by atoms with Gasteiger partial charge in [-0.1, -0.05) is 6.07 Å². The maximum Gasteiger partial charge on any atom is 0.255 e. The Bertz CT molecular complexity index is 629. The van der Waals surface area contributed by atoms with Gasteiger partial charge in [-0.05, 0) is 58.4 Å². The summed E-state index contributed by atoms with van der Waals surface area (Å²) in [4.78, 5) is 15.8. The smallest absolute Gasteiger partial charge is 0.255 e. The molecule has 0 spiro atoms. The highest BCUT2D eigenvalue weighted by Crippen LogP contribution is 2.36. The Hall–Kier alpha value is -1.20. The second kappa shape index (κ2) is 5.66. The van der Waals surface area contributed by atoms with Gasteiger partial charge in [0.25, 0.3) is 5.91 Å². The van der Waals surface area contributed by atoms with E-state index in [0.29, 0.717) is 10.0 Å². The molecular formula is C15H13BrFNOS. The van der Waals surface area contributed by atoms with Crippen LogP contribution in [0.3, 0.4) is 0 Å².